The number of amides is 2. The van der Waals surface area contributed by atoms with Crippen LogP contribution in [0.1, 0.15) is 36.6 Å². The van der Waals surface area contributed by atoms with Crippen molar-refractivity contribution in [1.82, 2.24) is 5.32 Å². The Morgan fingerprint density at radius 1 is 1.12 bits per heavy atom. The lowest BCUT2D eigenvalue weighted by Gasteiger charge is -2.18. The molecule has 0 heterocycles. The Morgan fingerprint density at radius 2 is 1.85 bits per heavy atom. The van der Waals surface area contributed by atoms with E-state index in [4.69, 9.17) is 4.74 Å². The SMILES string of the molecule is CCOc1ccc(C)cc1C(C)NC(=O)C(=O)Nc1ccc(Br)c(C)c1. The second-order valence-electron chi connectivity index (χ2n) is 6.09. The highest BCUT2D eigenvalue weighted by atomic mass is 79.9. The van der Waals surface area contributed by atoms with Crippen molar-refractivity contribution in [3.05, 3.63) is 57.6 Å². The predicted octanol–water partition coefficient (Wildman–Crippen LogP) is 4.28. The zero-order valence-electron chi connectivity index (χ0n) is 15.4. The van der Waals surface area contributed by atoms with Gasteiger partial charge in [0.05, 0.1) is 12.6 Å². The van der Waals surface area contributed by atoms with Gasteiger partial charge in [-0.25, -0.2) is 0 Å². The first-order valence-corrected chi connectivity index (χ1v) is 9.22. The summed E-state index contributed by atoms with van der Waals surface area (Å²) in [5.41, 5.74) is 3.44. The van der Waals surface area contributed by atoms with Crippen molar-refractivity contribution < 1.29 is 14.3 Å². The number of halogens is 1. The Kier molecular flexibility index (Phi) is 6.80. The number of anilines is 1. The van der Waals surface area contributed by atoms with Crippen LogP contribution in [0.5, 0.6) is 5.75 Å². The van der Waals surface area contributed by atoms with Crippen LogP contribution >= 0.6 is 15.9 Å². The number of nitrogens with one attached hydrogen (secondary N) is 2. The summed E-state index contributed by atoms with van der Waals surface area (Å²) in [5, 5.41) is 5.34. The van der Waals surface area contributed by atoms with Crippen LogP contribution in [0.3, 0.4) is 0 Å². The Labute approximate surface area is 162 Å². The van der Waals surface area contributed by atoms with Gasteiger partial charge in [0, 0.05) is 15.7 Å². The lowest BCUT2D eigenvalue weighted by Crippen LogP contribution is -2.37. The molecule has 0 bridgehead atoms. The molecule has 138 valence electrons. The molecule has 0 aromatic heterocycles. The predicted molar refractivity (Wildman–Crippen MR) is 106 cm³/mol. The molecule has 6 heteroatoms. The Balaban J connectivity index is 2.07. The zero-order valence-corrected chi connectivity index (χ0v) is 16.9. The second-order valence-corrected chi connectivity index (χ2v) is 6.94. The van der Waals surface area contributed by atoms with Gasteiger partial charge in [-0.3, -0.25) is 9.59 Å². The summed E-state index contributed by atoms with van der Waals surface area (Å²) in [5.74, 6) is -0.693. The highest BCUT2D eigenvalue weighted by Gasteiger charge is 2.20. The minimum Gasteiger partial charge on any atom is -0.494 e. The summed E-state index contributed by atoms with van der Waals surface area (Å²) in [6, 6.07) is 10.8. The quantitative estimate of drug-likeness (QED) is 0.711. The fraction of sp³-hybridized carbons (Fsp3) is 0.300. The number of benzene rings is 2. The molecule has 2 N–H and O–H groups in total. The summed E-state index contributed by atoms with van der Waals surface area (Å²) in [4.78, 5) is 24.5. The highest BCUT2D eigenvalue weighted by molar-refractivity contribution is 9.10. The first kappa shape index (κ1) is 20.0. The summed E-state index contributed by atoms with van der Waals surface area (Å²) in [7, 11) is 0. The van der Waals surface area contributed by atoms with Gasteiger partial charge in [0.25, 0.3) is 0 Å². The van der Waals surface area contributed by atoms with E-state index < -0.39 is 11.8 Å². The molecule has 26 heavy (non-hydrogen) atoms. The summed E-state index contributed by atoms with van der Waals surface area (Å²) in [6.07, 6.45) is 0. The van der Waals surface area contributed by atoms with E-state index in [1.165, 1.54) is 0 Å². The number of carbonyl (C=O) groups is 2. The monoisotopic (exact) mass is 418 g/mol. The fourth-order valence-electron chi connectivity index (χ4n) is 2.54. The van der Waals surface area contributed by atoms with Gasteiger partial charge in [-0.1, -0.05) is 33.6 Å². The molecule has 0 spiro atoms. The summed E-state index contributed by atoms with van der Waals surface area (Å²) < 4.78 is 6.56. The molecule has 1 atom stereocenters. The van der Waals surface area contributed by atoms with E-state index in [0.717, 1.165) is 21.2 Å². The fourth-order valence-corrected chi connectivity index (χ4v) is 2.79. The lowest BCUT2D eigenvalue weighted by atomic mass is 10.0. The molecule has 2 amide bonds. The van der Waals surface area contributed by atoms with E-state index in [9.17, 15) is 9.59 Å². The van der Waals surface area contributed by atoms with Gasteiger partial charge >= 0.3 is 11.8 Å². The summed E-state index contributed by atoms with van der Waals surface area (Å²) in [6.45, 7) is 8.14. The van der Waals surface area contributed by atoms with Gasteiger partial charge in [0.15, 0.2) is 0 Å². The average molecular weight is 419 g/mol. The van der Waals surface area contributed by atoms with Crippen LogP contribution in [0.15, 0.2) is 40.9 Å². The first-order chi connectivity index (χ1) is 12.3. The van der Waals surface area contributed by atoms with E-state index in [1.54, 1.807) is 12.1 Å². The smallest absolute Gasteiger partial charge is 0.313 e. The third-order valence-electron chi connectivity index (χ3n) is 3.90. The van der Waals surface area contributed by atoms with Gasteiger partial charge in [-0.05, 0) is 57.5 Å². The molecule has 2 aromatic carbocycles. The Hall–Kier alpha value is -2.34. The van der Waals surface area contributed by atoms with Crippen LogP contribution < -0.4 is 15.4 Å². The van der Waals surface area contributed by atoms with E-state index in [0.29, 0.717) is 18.0 Å². The second kappa shape index (κ2) is 8.85. The normalized spacial score (nSPS) is 11.6. The standard InChI is InChI=1S/C20H23BrN2O3/c1-5-26-18-9-6-12(2)10-16(18)14(4)22-19(24)20(25)23-15-7-8-17(21)13(3)11-15/h6-11,14H,5H2,1-4H3,(H,22,24)(H,23,25). The van der Waals surface area contributed by atoms with E-state index in [1.807, 2.05) is 52.0 Å². The van der Waals surface area contributed by atoms with Crippen LogP contribution in [0.4, 0.5) is 5.69 Å². The minimum absolute atomic E-state index is 0.360. The number of rotatable bonds is 5. The van der Waals surface area contributed by atoms with Crippen LogP contribution in [0.2, 0.25) is 0 Å². The van der Waals surface area contributed by atoms with Crippen LogP contribution in [0.25, 0.3) is 0 Å². The average Bonchev–Trinajstić information content (AvgIpc) is 2.59. The van der Waals surface area contributed by atoms with Gasteiger partial charge in [-0.15, -0.1) is 0 Å². The van der Waals surface area contributed by atoms with Gasteiger partial charge in [0.2, 0.25) is 0 Å². The molecule has 0 saturated carbocycles. The van der Waals surface area contributed by atoms with Gasteiger partial charge in [0.1, 0.15) is 5.75 Å². The number of hydrogen-bond donors (Lipinski definition) is 2. The molecule has 0 aliphatic heterocycles. The molecule has 0 aliphatic carbocycles. The minimum atomic E-state index is -0.704. The molecule has 0 aliphatic rings. The van der Waals surface area contributed by atoms with Crippen LogP contribution in [-0.4, -0.2) is 18.4 Å². The molecule has 0 radical (unpaired) electrons. The van der Waals surface area contributed by atoms with Crippen molar-refractivity contribution >= 4 is 33.4 Å². The Morgan fingerprint density at radius 3 is 2.50 bits per heavy atom. The van der Waals surface area contributed by atoms with Crippen molar-refractivity contribution in [1.29, 1.82) is 0 Å². The molecule has 5 nitrogen and oxygen atoms in total. The summed E-state index contributed by atoms with van der Waals surface area (Å²) >= 11 is 3.40. The lowest BCUT2D eigenvalue weighted by molar-refractivity contribution is -0.136. The molecule has 0 fully saturated rings. The first-order valence-electron chi connectivity index (χ1n) is 8.43. The third kappa shape index (κ3) is 5.08. The molecule has 2 aromatic rings. The number of hydrogen-bond acceptors (Lipinski definition) is 3. The molecular weight excluding hydrogens is 396 g/mol. The molecule has 2 rings (SSSR count). The van der Waals surface area contributed by atoms with Crippen LogP contribution in [-0.2, 0) is 9.59 Å². The zero-order chi connectivity index (χ0) is 19.3. The van der Waals surface area contributed by atoms with E-state index in [2.05, 4.69) is 26.6 Å². The largest absolute Gasteiger partial charge is 0.494 e. The maximum absolute atomic E-state index is 12.3. The van der Waals surface area contributed by atoms with Gasteiger partial charge in [-0.2, -0.15) is 0 Å². The number of aryl methyl sites for hydroxylation is 2. The van der Waals surface area contributed by atoms with Crippen molar-refractivity contribution in [3.63, 3.8) is 0 Å². The maximum Gasteiger partial charge on any atom is 0.313 e. The van der Waals surface area contributed by atoms with Crippen molar-refractivity contribution in [2.45, 2.75) is 33.7 Å². The van der Waals surface area contributed by atoms with E-state index in [-0.39, 0.29) is 6.04 Å². The third-order valence-corrected chi connectivity index (χ3v) is 4.79. The van der Waals surface area contributed by atoms with E-state index >= 15 is 0 Å². The highest BCUT2D eigenvalue weighted by Crippen LogP contribution is 2.26. The maximum atomic E-state index is 12.3. The van der Waals surface area contributed by atoms with Gasteiger partial charge < -0.3 is 15.4 Å². The molecular formula is C20H23BrN2O3. The van der Waals surface area contributed by atoms with Crippen LogP contribution in [0, 0.1) is 13.8 Å². The Bertz CT molecular complexity index is 821. The number of ether oxygens (including phenoxy) is 1. The molecule has 1 unspecified atom stereocenters. The number of carbonyl (C=O) groups excluding carboxylic acids is 2. The van der Waals surface area contributed by atoms with Crippen molar-refractivity contribution in [2.24, 2.45) is 0 Å². The van der Waals surface area contributed by atoms with Crippen molar-refractivity contribution in [2.75, 3.05) is 11.9 Å². The topological polar surface area (TPSA) is 67.4 Å². The van der Waals surface area contributed by atoms with Crippen molar-refractivity contribution in [3.8, 4) is 5.75 Å². The molecule has 0 saturated heterocycles.